The minimum Gasteiger partial charge on any atom is -0.477 e. The van der Waals surface area contributed by atoms with Crippen LogP contribution in [0.25, 0.3) is 0 Å². The standard InChI is InChI=1S/C28H37N5O6S/c1-27(2,3)21(32-26(36)39-28(4,5)6)23(34)33-16-17(15-20(33)24(35)37-8)38-25-19(12-14-40-25)31-22(29-7)18-11-9-10-13-30-18/h9-14,17,20-21H,7,15-16H2,1-6,8H3,(H,32,36)/t17-,20?,21-/m1/s1. The van der Waals surface area contributed by atoms with Gasteiger partial charge in [-0.15, -0.1) is 11.3 Å². The highest BCUT2D eigenvalue weighted by Crippen LogP contribution is 2.37. The Morgan fingerprint density at radius 2 is 1.90 bits per heavy atom. The molecular formula is C28H37N5O6S. The number of methoxy groups -OCH3 is 1. The quantitative estimate of drug-likeness (QED) is 0.296. The second-order valence-corrected chi connectivity index (χ2v) is 12.2. The van der Waals surface area contributed by atoms with E-state index in [4.69, 9.17) is 14.2 Å². The average Bonchev–Trinajstić information content (AvgIpc) is 3.50. The summed E-state index contributed by atoms with van der Waals surface area (Å²) in [6, 6.07) is 5.33. The molecule has 1 saturated heterocycles. The van der Waals surface area contributed by atoms with E-state index in [0.717, 1.165) is 0 Å². The number of carbonyl (C=O) groups is 3. The Bertz CT molecular complexity index is 1250. The summed E-state index contributed by atoms with van der Waals surface area (Å²) in [5, 5.41) is 5.02. The van der Waals surface area contributed by atoms with Crippen LogP contribution in [0.1, 0.15) is 53.7 Å². The molecular weight excluding hydrogens is 534 g/mol. The van der Waals surface area contributed by atoms with E-state index in [1.807, 2.05) is 32.2 Å². The van der Waals surface area contributed by atoms with Gasteiger partial charge in [0.2, 0.25) is 5.91 Å². The summed E-state index contributed by atoms with van der Waals surface area (Å²) in [4.78, 5) is 53.4. The molecule has 3 atom stereocenters. The SMILES string of the molecule is C=NC(=Nc1ccsc1O[C@@H]1CC(C(=O)OC)N(C(=O)[C@@H](NC(=O)OC(C)(C)C)C(C)(C)C)C1)c1ccccn1. The largest absolute Gasteiger partial charge is 0.477 e. The number of amides is 2. The number of carbonyl (C=O) groups excluding carboxylic acids is 3. The molecule has 0 aromatic carbocycles. The van der Waals surface area contributed by atoms with Gasteiger partial charge in [-0.3, -0.25) is 9.78 Å². The van der Waals surface area contributed by atoms with E-state index in [2.05, 4.69) is 27.0 Å². The third kappa shape index (κ3) is 7.87. The Labute approximate surface area is 238 Å². The number of alkyl carbamates (subject to hydrolysis) is 1. The van der Waals surface area contributed by atoms with Crippen LogP contribution in [0.5, 0.6) is 5.06 Å². The van der Waals surface area contributed by atoms with Crippen molar-refractivity contribution in [2.75, 3.05) is 13.7 Å². The summed E-state index contributed by atoms with van der Waals surface area (Å²) in [5.74, 6) is -0.666. The van der Waals surface area contributed by atoms with Crippen LogP contribution < -0.4 is 10.1 Å². The molecule has 1 aliphatic rings. The number of esters is 1. The molecule has 0 saturated carbocycles. The Morgan fingerprint density at radius 3 is 2.48 bits per heavy atom. The number of hydrogen-bond acceptors (Lipinski definition) is 9. The van der Waals surface area contributed by atoms with E-state index in [1.165, 1.54) is 23.3 Å². The lowest BCUT2D eigenvalue weighted by molar-refractivity contribution is -0.152. The first kappa shape index (κ1) is 30.7. The lowest BCUT2D eigenvalue weighted by Gasteiger charge is -2.35. The fourth-order valence-electron chi connectivity index (χ4n) is 4.12. The lowest BCUT2D eigenvalue weighted by atomic mass is 9.85. The summed E-state index contributed by atoms with van der Waals surface area (Å²) >= 11 is 1.33. The maximum atomic E-state index is 13.8. The summed E-state index contributed by atoms with van der Waals surface area (Å²) in [6.45, 7) is 14.4. The molecule has 0 radical (unpaired) electrons. The number of thiophene rings is 1. The molecule has 1 fully saturated rings. The van der Waals surface area contributed by atoms with Gasteiger partial charge in [-0.1, -0.05) is 26.8 Å². The minimum atomic E-state index is -0.963. The van der Waals surface area contributed by atoms with Gasteiger partial charge in [0.25, 0.3) is 0 Å². The zero-order valence-electron chi connectivity index (χ0n) is 24.0. The number of nitrogens with one attached hydrogen (secondary N) is 1. The van der Waals surface area contributed by atoms with Crippen molar-refractivity contribution in [2.45, 2.75) is 71.8 Å². The molecule has 1 aliphatic heterocycles. The van der Waals surface area contributed by atoms with Crippen LogP contribution in [-0.2, 0) is 19.1 Å². The number of hydrogen-bond donors (Lipinski definition) is 1. The second kappa shape index (κ2) is 12.6. The van der Waals surface area contributed by atoms with E-state index in [-0.39, 0.29) is 13.0 Å². The fraction of sp³-hybridized carbons (Fsp3) is 0.500. The topological polar surface area (TPSA) is 132 Å². The number of rotatable bonds is 7. The van der Waals surface area contributed by atoms with Gasteiger partial charge in [-0.2, -0.15) is 0 Å². The first-order chi connectivity index (χ1) is 18.7. The van der Waals surface area contributed by atoms with Gasteiger partial charge in [0.05, 0.1) is 13.7 Å². The molecule has 11 nitrogen and oxygen atoms in total. The van der Waals surface area contributed by atoms with E-state index in [9.17, 15) is 14.4 Å². The van der Waals surface area contributed by atoms with Crippen LogP contribution in [0.4, 0.5) is 10.5 Å². The molecule has 40 heavy (non-hydrogen) atoms. The van der Waals surface area contributed by atoms with Crippen molar-refractivity contribution in [1.29, 1.82) is 0 Å². The molecule has 1 unspecified atom stereocenters. The minimum absolute atomic E-state index is 0.106. The third-order valence-corrected chi connectivity index (χ3v) is 6.74. The highest BCUT2D eigenvalue weighted by molar-refractivity contribution is 7.12. The van der Waals surface area contributed by atoms with Gasteiger partial charge in [-0.25, -0.2) is 19.6 Å². The Morgan fingerprint density at radius 1 is 1.18 bits per heavy atom. The number of pyridine rings is 1. The molecule has 1 N–H and O–H groups in total. The maximum Gasteiger partial charge on any atom is 0.408 e. The summed E-state index contributed by atoms with van der Waals surface area (Å²) < 4.78 is 16.6. The Kier molecular flexibility index (Phi) is 9.67. The average molecular weight is 572 g/mol. The van der Waals surface area contributed by atoms with Crippen molar-refractivity contribution in [3.8, 4) is 5.06 Å². The van der Waals surface area contributed by atoms with Crippen molar-refractivity contribution in [3.63, 3.8) is 0 Å². The van der Waals surface area contributed by atoms with Crippen LogP contribution in [0, 0.1) is 5.41 Å². The van der Waals surface area contributed by atoms with Crippen molar-refractivity contribution in [2.24, 2.45) is 15.4 Å². The van der Waals surface area contributed by atoms with E-state index < -0.39 is 47.2 Å². The predicted molar refractivity (Wildman–Crippen MR) is 153 cm³/mol. The number of aromatic nitrogens is 1. The summed E-state index contributed by atoms with van der Waals surface area (Å²) in [7, 11) is 1.27. The van der Waals surface area contributed by atoms with Crippen molar-refractivity contribution in [3.05, 3.63) is 41.5 Å². The molecule has 0 bridgehead atoms. The smallest absolute Gasteiger partial charge is 0.408 e. The van der Waals surface area contributed by atoms with E-state index in [0.29, 0.717) is 22.3 Å². The molecule has 3 heterocycles. The maximum absolute atomic E-state index is 13.8. The zero-order chi connectivity index (χ0) is 29.7. The second-order valence-electron chi connectivity index (χ2n) is 11.4. The Balaban J connectivity index is 1.84. The van der Waals surface area contributed by atoms with Gasteiger partial charge < -0.3 is 24.4 Å². The van der Waals surface area contributed by atoms with Gasteiger partial charge in [0, 0.05) is 12.6 Å². The molecule has 0 aliphatic carbocycles. The third-order valence-electron chi connectivity index (χ3n) is 5.95. The summed E-state index contributed by atoms with van der Waals surface area (Å²) in [6.07, 6.45) is 0.594. The normalized spacial score (nSPS) is 18.6. The van der Waals surface area contributed by atoms with Crippen LogP contribution in [0.2, 0.25) is 0 Å². The molecule has 2 aromatic rings. The highest BCUT2D eigenvalue weighted by Gasteiger charge is 2.46. The number of ether oxygens (including phenoxy) is 3. The van der Waals surface area contributed by atoms with Crippen LogP contribution >= 0.6 is 11.3 Å². The van der Waals surface area contributed by atoms with Gasteiger partial charge in [-0.05, 0) is 56.5 Å². The number of aliphatic imine (C=N–C) groups is 2. The molecule has 2 amide bonds. The summed E-state index contributed by atoms with van der Waals surface area (Å²) in [5.41, 5.74) is -0.335. The number of likely N-dealkylation sites (tertiary alicyclic amines) is 1. The molecule has 2 aromatic heterocycles. The number of amidine groups is 1. The first-order valence-corrected chi connectivity index (χ1v) is 13.7. The van der Waals surface area contributed by atoms with Gasteiger partial charge >= 0.3 is 12.1 Å². The lowest BCUT2D eigenvalue weighted by Crippen LogP contribution is -2.57. The van der Waals surface area contributed by atoms with Crippen molar-refractivity contribution >= 4 is 47.5 Å². The highest BCUT2D eigenvalue weighted by atomic mass is 32.1. The number of nitrogens with zero attached hydrogens (tertiary/aromatic N) is 4. The molecule has 0 spiro atoms. The van der Waals surface area contributed by atoms with E-state index in [1.54, 1.807) is 45.2 Å². The van der Waals surface area contributed by atoms with Crippen LogP contribution in [-0.4, -0.2) is 77.9 Å². The van der Waals surface area contributed by atoms with Gasteiger partial charge in [0.15, 0.2) is 10.9 Å². The van der Waals surface area contributed by atoms with Gasteiger partial charge in [0.1, 0.15) is 35.2 Å². The molecule has 12 heteroatoms. The first-order valence-electron chi connectivity index (χ1n) is 12.8. The van der Waals surface area contributed by atoms with E-state index >= 15 is 0 Å². The zero-order valence-corrected chi connectivity index (χ0v) is 24.8. The Hall–Kier alpha value is -3.80. The van der Waals surface area contributed by atoms with Crippen molar-refractivity contribution in [1.82, 2.24) is 15.2 Å². The fourth-order valence-corrected chi connectivity index (χ4v) is 4.87. The molecule has 3 rings (SSSR count). The van der Waals surface area contributed by atoms with Crippen LogP contribution in [0.15, 0.2) is 45.8 Å². The van der Waals surface area contributed by atoms with Crippen LogP contribution in [0.3, 0.4) is 0 Å². The monoisotopic (exact) mass is 571 g/mol. The van der Waals surface area contributed by atoms with Crippen molar-refractivity contribution < 1.29 is 28.6 Å². The predicted octanol–water partition coefficient (Wildman–Crippen LogP) is 4.38. The molecule has 216 valence electrons.